The standard InChI is InChI=1S/C12H16Br2FN/c1-8(2)12(6-13)16-7-9-3-4-11(15)10(14)5-9/h3-5,8,12,16H,6-7H2,1-2H3. The number of nitrogens with one attached hydrogen (secondary N) is 1. The molecule has 1 N–H and O–H groups in total. The van der Waals surface area contributed by atoms with Gasteiger partial charge < -0.3 is 5.32 Å². The Bertz CT molecular complexity index is 342. The lowest BCUT2D eigenvalue weighted by Gasteiger charge is -2.20. The van der Waals surface area contributed by atoms with Crippen LogP contribution in [0.2, 0.25) is 0 Å². The molecule has 1 aromatic carbocycles. The molecule has 0 spiro atoms. The molecule has 0 aliphatic carbocycles. The SMILES string of the molecule is CC(C)C(CBr)NCc1ccc(F)c(Br)c1. The Morgan fingerprint density at radius 1 is 1.38 bits per heavy atom. The average molecular weight is 353 g/mol. The lowest BCUT2D eigenvalue weighted by molar-refractivity contribution is 0.434. The van der Waals surface area contributed by atoms with Gasteiger partial charge in [0.2, 0.25) is 0 Å². The summed E-state index contributed by atoms with van der Waals surface area (Å²) < 4.78 is 13.5. The second-order valence-corrected chi connectivity index (χ2v) is 5.64. The number of halogens is 3. The number of benzene rings is 1. The first kappa shape index (κ1) is 14.1. The summed E-state index contributed by atoms with van der Waals surface area (Å²) in [5, 5.41) is 4.37. The van der Waals surface area contributed by atoms with Crippen molar-refractivity contribution >= 4 is 31.9 Å². The van der Waals surface area contributed by atoms with Crippen molar-refractivity contribution in [1.29, 1.82) is 0 Å². The maximum absolute atomic E-state index is 13.0. The molecule has 0 aromatic heterocycles. The topological polar surface area (TPSA) is 12.0 Å². The van der Waals surface area contributed by atoms with Crippen molar-refractivity contribution in [2.75, 3.05) is 5.33 Å². The smallest absolute Gasteiger partial charge is 0.137 e. The van der Waals surface area contributed by atoms with E-state index in [-0.39, 0.29) is 5.82 Å². The summed E-state index contributed by atoms with van der Waals surface area (Å²) in [5.41, 5.74) is 1.08. The van der Waals surface area contributed by atoms with Gasteiger partial charge in [-0.05, 0) is 39.5 Å². The minimum absolute atomic E-state index is 0.218. The Morgan fingerprint density at radius 3 is 2.56 bits per heavy atom. The molecule has 0 amide bonds. The van der Waals surface area contributed by atoms with E-state index in [4.69, 9.17) is 0 Å². The highest BCUT2D eigenvalue weighted by molar-refractivity contribution is 9.10. The fraction of sp³-hybridized carbons (Fsp3) is 0.500. The van der Waals surface area contributed by atoms with Gasteiger partial charge in [-0.25, -0.2) is 4.39 Å². The first-order chi connectivity index (χ1) is 7.54. The van der Waals surface area contributed by atoms with E-state index < -0.39 is 0 Å². The summed E-state index contributed by atoms with van der Waals surface area (Å²) in [4.78, 5) is 0. The second kappa shape index (κ2) is 6.72. The number of hydrogen-bond acceptors (Lipinski definition) is 1. The van der Waals surface area contributed by atoms with Crippen LogP contribution in [0.4, 0.5) is 4.39 Å². The van der Waals surface area contributed by atoms with Crippen LogP contribution in [0.5, 0.6) is 0 Å². The molecule has 0 radical (unpaired) electrons. The highest BCUT2D eigenvalue weighted by Crippen LogP contribution is 2.17. The minimum atomic E-state index is -0.218. The van der Waals surface area contributed by atoms with E-state index in [1.807, 2.05) is 6.07 Å². The van der Waals surface area contributed by atoms with Crippen LogP contribution in [0, 0.1) is 11.7 Å². The van der Waals surface area contributed by atoms with E-state index in [1.54, 1.807) is 6.07 Å². The Labute approximate surface area is 113 Å². The van der Waals surface area contributed by atoms with Crippen molar-refractivity contribution < 1.29 is 4.39 Å². The van der Waals surface area contributed by atoms with Gasteiger partial charge >= 0.3 is 0 Å². The molecule has 0 aliphatic heterocycles. The van der Waals surface area contributed by atoms with E-state index in [9.17, 15) is 4.39 Å². The van der Waals surface area contributed by atoms with Gasteiger partial charge in [0, 0.05) is 17.9 Å². The Kier molecular flexibility index (Phi) is 5.94. The van der Waals surface area contributed by atoms with Gasteiger partial charge in [-0.3, -0.25) is 0 Å². The van der Waals surface area contributed by atoms with Gasteiger partial charge in [0.15, 0.2) is 0 Å². The molecule has 1 rings (SSSR count). The molecule has 4 heteroatoms. The second-order valence-electron chi connectivity index (χ2n) is 4.13. The number of rotatable bonds is 5. The van der Waals surface area contributed by atoms with E-state index in [1.165, 1.54) is 6.07 Å². The summed E-state index contributed by atoms with van der Waals surface area (Å²) in [6.45, 7) is 5.12. The van der Waals surface area contributed by atoms with E-state index in [2.05, 4.69) is 51.0 Å². The van der Waals surface area contributed by atoms with Crippen molar-refractivity contribution in [3.63, 3.8) is 0 Å². The maximum Gasteiger partial charge on any atom is 0.137 e. The van der Waals surface area contributed by atoms with Gasteiger partial charge in [0.05, 0.1) is 4.47 Å². The average Bonchev–Trinajstić information content (AvgIpc) is 2.23. The maximum atomic E-state index is 13.0. The van der Waals surface area contributed by atoms with Gasteiger partial charge in [-0.1, -0.05) is 35.8 Å². The fourth-order valence-corrected chi connectivity index (χ4v) is 2.77. The molecule has 1 nitrogen and oxygen atoms in total. The Hall–Kier alpha value is 0.0700. The monoisotopic (exact) mass is 351 g/mol. The van der Waals surface area contributed by atoms with Crippen LogP contribution in [0.1, 0.15) is 19.4 Å². The molecule has 0 bridgehead atoms. The van der Waals surface area contributed by atoms with Crippen LogP contribution in [0.3, 0.4) is 0 Å². The predicted molar refractivity (Wildman–Crippen MR) is 73.4 cm³/mol. The molecule has 1 aromatic rings. The van der Waals surface area contributed by atoms with Crippen LogP contribution >= 0.6 is 31.9 Å². The summed E-state index contributed by atoms with van der Waals surface area (Å²) in [7, 11) is 0. The summed E-state index contributed by atoms with van der Waals surface area (Å²) >= 11 is 6.67. The number of hydrogen-bond donors (Lipinski definition) is 1. The zero-order chi connectivity index (χ0) is 12.1. The molecule has 0 saturated heterocycles. The lowest BCUT2D eigenvalue weighted by atomic mass is 10.1. The molecule has 0 aliphatic rings. The van der Waals surface area contributed by atoms with Crippen molar-refractivity contribution in [1.82, 2.24) is 5.32 Å². The van der Waals surface area contributed by atoms with Crippen molar-refractivity contribution in [2.45, 2.75) is 26.4 Å². The Morgan fingerprint density at radius 2 is 2.06 bits per heavy atom. The van der Waals surface area contributed by atoms with Gasteiger partial charge in [-0.15, -0.1) is 0 Å². The van der Waals surface area contributed by atoms with Gasteiger partial charge in [0.25, 0.3) is 0 Å². The molecule has 16 heavy (non-hydrogen) atoms. The van der Waals surface area contributed by atoms with E-state index in [0.717, 1.165) is 17.4 Å². The molecule has 0 fully saturated rings. The van der Waals surface area contributed by atoms with Crippen molar-refractivity contribution in [2.24, 2.45) is 5.92 Å². The van der Waals surface area contributed by atoms with Gasteiger partial charge in [-0.2, -0.15) is 0 Å². The van der Waals surface area contributed by atoms with Crippen LogP contribution in [0.25, 0.3) is 0 Å². The molecular formula is C12H16Br2FN. The third-order valence-corrected chi connectivity index (χ3v) is 3.83. The lowest BCUT2D eigenvalue weighted by Crippen LogP contribution is -2.34. The summed E-state index contributed by atoms with van der Waals surface area (Å²) in [6, 6.07) is 5.54. The molecule has 1 unspecified atom stereocenters. The molecule has 1 atom stereocenters. The first-order valence-corrected chi connectivity index (χ1v) is 7.19. The van der Waals surface area contributed by atoms with E-state index in [0.29, 0.717) is 16.4 Å². The minimum Gasteiger partial charge on any atom is -0.309 e. The van der Waals surface area contributed by atoms with E-state index >= 15 is 0 Å². The predicted octanol–water partition coefficient (Wildman–Crippen LogP) is 4.10. The largest absolute Gasteiger partial charge is 0.309 e. The van der Waals surface area contributed by atoms with Crippen LogP contribution in [-0.2, 0) is 6.54 Å². The van der Waals surface area contributed by atoms with Crippen molar-refractivity contribution in [3.8, 4) is 0 Å². The summed E-state index contributed by atoms with van der Waals surface area (Å²) in [6.07, 6.45) is 0. The number of alkyl halides is 1. The molecule has 0 saturated carbocycles. The zero-order valence-electron chi connectivity index (χ0n) is 9.43. The highest BCUT2D eigenvalue weighted by Gasteiger charge is 2.10. The zero-order valence-corrected chi connectivity index (χ0v) is 12.6. The van der Waals surface area contributed by atoms with Crippen molar-refractivity contribution in [3.05, 3.63) is 34.1 Å². The third kappa shape index (κ3) is 4.15. The molecule has 90 valence electrons. The Balaban J connectivity index is 2.57. The molecular weight excluding hydrogens is 337 g/mol. The third-order valence-electron chi connectivity index (χ3n) is 2.52. The van der Waals surface area contributed by atoms with Crippen LogP contribution in [0.15, 0.2) is 22.7 Å². The first-order valence-electron chi connectivity index (χ1n) is 5.28. The normalized spacial score (nSPS) is 13.1. The molecule has 0 heterocycles. The highest BCUT2D eigenvalue weighted by atomic mass is 79.9. The van der Waals surface area contributed by atoms with Crippen LogP contribution in [-0.4, -0.2) is 11.4 Å². The van der Waals surface area contributed by atoms with Crippen LogP contribution < -0.4 is 5.32 Å². The van der Waals surface area contributed by atoms with Gasteiger partial charge in [0.1, 0.15) is 5.82 Å². The quantitative estimate of drug-likeness (QED) is 0.787. The fourth-order valence-electron chi connectivity index (χ4n) is 1.37. The summed E-state index contributed by atoms with van der Waals surface area (Å²) in [5.74, 6) is 0.355.